The maximum Gasteiger partial charge on any atom is 0.315 e. The summed E-state index contributed by atoms with van der Waals surface area (Å²) >= 11 is 0. The zero-order chi connectivity index (χ0) is 25.2. The number of esters is 1. The van der Waals surface area contributed by atoms with Gasteiger partial charge in [0, 0.05) is 29.3 Å². The van der Waals surface area contributed by atoms with Gasteiger partial charge in [-0.15, -0.1) is 0 Å². The standard InChI is InChI=1S/C30H33NO5/c1-18-27(30(33)36-22-11-7-8-12-22)28(20-13-14-25(34-2)26(17-20)35-3)29-23(31-18)15-21(16-24(29)32)19-9-5-4-6-10-19/h4-6,9-10,13-14,17,21-22,27-28H,7-8,11-12,15-16H2,1-3H3/t21-,27?,28-/m0/s1. The van der Waals surface area contributed by atoms with Crippen LogP contribution in [0, 0.1) is 5.92 Å². The number of carbonyl (C=O) groups is 2. The SMILES string of the molecule is COc1ccc([C@@H]2C3=C(C[C@H](c4ccccc4)CC3=O)N=C(C)C2C(=O)OC2CCCC2)cc1OC. The van der Waals surface area contributed by atoms with E-state index in [-0.39, 0.29) is 23.8 Å². The molecule has 2 aromatic rings. The molecule has 188 valence electrons. The largest absolute Gasteiger partial charge is 0.493 e. The van der Waals surface area contributed by atoms with Crippen molar-refractivity contribution in [2.75, 3.05) is 14.2 Å². The smallest absolute Gasteiger partial charge is 0.315 e. The van der Waals surface area contributed by atoms with Gasteiger partial charge in [-0.2, -0.15) is 0 Å². The second-order valence-electron chi connectivity index (χ2n) is 9.97. The van der Waals surface area contributed by atoms with Crippen LogP contribution < -0.4 is 9.47 Å². The average molecular weight is 488 g/mol. The molecular weight excluding hydrogens is 454 g/mol. The van der Waals surface area contributed by atoms with Crippen LogP contribution in [0.2, 0.25) is 0 Å². The molecule has 1 heterocycles. The molecule has 0 aromatic heterocycles. The highest BCUT2D eigenvalue weighted by atomic mass is 16.5. The van der Waals surface area contributed by atoms with Crippen molar-refractivity contribution in [3.63, 3.8) is 0 Å². The summed E-state index contributed by atoms with van der Waals surface area (Å²) in [6, 6.07) is 15.7. The number of rotatable bonds is 6. The van der Waals surface area contributed by atoms with Crippen LogP contribution in [0.5, 0.6) is 11.5 Å². The number of aliphatic imine (C=N–C) groups is 1. The summed E-state index contributed by atoms with van der Waals surface area (Å²) in [5.74, 6) is -0.157. The molecule has 0 radical (unpaired) electrons. The molecule has 1 aliphatic heterocycles. The van der Waals surface area contributed by atoms with Crippen LogP contribution in [-0.2, 0) is 14.3 Å². The van der Waals surface area contributed by atoms with Gasteiger partial charge in [-0.25, -0.2) is 0 Å². The topological polar surface area (TPSA) is 74.2 Å². The van der Waals surface area contributed by atoms with E-state index in [1.807, 2.05) is 43.3 Å². The van der Waals surface area contributed by atoms with Gasteiger partial charge in [-0.1, -0.05) is 36.4 Å². The third-order valence-electron chi connectivity index (χ3n) is 7.77. The number of carbonyl (C=O) groups excluding carboxylic acids is 2. The van der Waals surface area contributed by atoms with E-state index in [2.05, 4.69) is 12.1 Å². The highest BCUT2D eigenvalue weighted by molar-refractivity contribution is 6.09. The van der Waals surface area contributed by atoms with Crippen LogP contribution in [0.25, 0.3) is 0 Å². The lowest BCUT2D eigenvalue weighted by atomic mass is 9.69. The van der Waals surface area contributed by atoms with Crippen LogP contribution in [0.15, 0.2) is 64.8 Å². The fourth-order valence-electron chi connectivity index (χ4n) is 5.98. The first-order chi connectivity index (χ1) is 17.5. The van der Waals surface area contributed by atoms with Gasteiger partial charge in [0.2, 0.25) is 0 Å². The van der Waals surface area contributed by atoms with Crippen LogP contribution in [0.3, 0.4) is 0 Å². The summed E-state index contributed by atoms with van der Waals surface area (Å²) in [6.45, 7) is 1.88. The fourth-order valence-corrected chi connectivity index (χ4v) is 5.98. The Morgan fingerprint density at radius 2 is 1.64 bits per heavy atom. The molecule has 0 spiro atoms. The molecule has 6 nitrogen and oxygen atoms in total. The number of ketones is 1. The van der Waals surface area contributed by atoms with Crippen molar-refractivity contribution in [2.24, 2.45) is 10.9 Å². The predicted octanol–water partition coefficient (Wildman–Crippen LogP) is 5.76. The van der Waals surface area contributed by atoms with E-state index >= 15 is 0 Å². The van der Waals surface area contributed by atoms with Crippen LogP contribution in [0.1, 0.15) is 68.4 Å². The third-order valence-corrected chi connectivity index (χ3v) is 7.77. The van der Waals surface area contributed by atoms with E-state index in [0.717, 1.165) is 42.5 Å². The Morgan fingerprint density at radius 1 is 0.917 bits per heavy atom. The number of allylic oxidation sites excluding steroid dienone is 2. The van der Waals surface area contributed by atoms with E-state index in [1.54, 1.807) is 14.2 Å². The van der Waals surface area contributed by atoms with Crippen molar-refractivity contribution in [1.29, 1.82) is 0 Å². The highest BCUT2D eigenvalue weighted by Crippen LogP contribution is 2.48. The minimum absolute atomic E-state index is 0.0415. The average Bonchev–Trinajstić information content (AvgIpc) is 3.40. The maximum absolute atomic E-state index is 13.8. The molecule has 3 atom stereocenters. The zero-order valence-electron chi connectivity index (χ0n) is 21.2. The van der Waals surface area contributed by atoms with Crippen LogP contribution >= 0.6 is 0 Å². The van der Waals surface area contributed by atoms with Crippen LogP contribution in [0.4, 0.5) is 0 Å². The molecule has 5 rings (SSSR count). The molecule has 0 amide bonds. The van der Waals surface area contributed by atoms with E-state index in [1.165, 1.54) is 0 Å². The van der Waals surface area contributed by atoms with Gasteiger partial charge in [0.25, 0.3) is 0 Å². The lowest BCUT2D eigenvalue weighted by Crippen LogP contribution is -2.39. The van der Waals surface area contributed by atoms with Gasteiger partial charge < -0.3 is 14.2 Å². The first-order valence-electron chi connectivity index (χ1n) is 12.8. The quantitative estimate of drug-likeness (QED) is 0.484. The number of benzene rings is 2. The second-order valence-corrected chi connectivity index (χ2v) is 9.97. The summed E-state index contributed by atoms with van der Waals surface area (Å²) in [5, 5.41) is 0. The van der Waals surface area contributed by atoms with Gasteiger partial charge >= 0.3 is 5.97 Å². The lowest BCUT2D eigenvalue weighted by Gasteiger charge is -2.37. The summed E-state index contributed by atoms with van der Waals surface area (Å²) in [4.78, 5) is 32.2. The van der Waals surface area contributed by atoms with E-state index < -0.39 is 11.8 Å². The van der Waals surface area contributed by atoms with Gasteiger partial charge in [0.05, 0.1) is 14.2 Å². The normalized spacial score (nSPS) is 24.2. The minimum Gasteiger partial charge on any atom is -0.493 e. The molecule has 2 aromatic carbocycles. The Morgan fingerprint density at radius 3 is 2.33 bits per heavy atom. The first-order valence-corrected chi connectivity index (χ1v) is 12.8. The Hall–Kier alpha value is -3.41. The van der Waals surface area contributed by atoms with Crippen molar-refractivity contribution >= 4 is 17.5 Å². The molecule has 0 bridgehead atoms. The Balaban J connectivity index is 1.57. The van der Waals surface area contributed by atoms with Gasteiger partial charge in [-0.3, -0.25) is 14.6 Å². The van der Waals surface area contributed by atoms with Crippen molar-refractivity contribution < 1.29 is 23.8 Å². The number of Topliss-reactive ketones (excluding diaryl/α,β-unsaturated/α-hetero) is 1. The first kappa shape index (κ1) is 24.3. The molecule has 2 aliphatic carbocycles. The predicted molar refractivity (Wildman–Crippen MR) is 138 cm³/mol. The van der Waals surface area contributed by atoms with Gasteiger partial charge in [-0.05, 0) is 68.2 Å². The summed E-state index contributed by atoms with van der Waals surface area (Å²) < 4.78 is 17.0. The summed E-state index contributed by atoms with van der Waals surface area (Å²) in [6.07, 6.45) is 4.92. The molecule has 36 heavy (non-hydrogen) atoms. The fraction of sp³-hybridized carbons (Fsp3) is 0.433. The Bertz CT molecular complexity index is 1210. The third kappa shape index (κ3) is 4.57. The van der Waals surface area contributed by atoms with Crippen molar-refractivity contribution in [3.05, 3.63) is 70.9 Å². The second kappa shape index (κ2) is 10.3. The summed E-state index contributed by atoms with van der Waals surface area (Å²) in [7, 11) is 3.17. The maximum atomic E-state index is 13.8. The van der Waals surface area contributed by atoms with Gasteiger partial charge in [0.15, 0.2) is 17.3 Å². The number of hydrogen-bond donors (Lipinski definition) is 0. The molecule has 1 unspecified atom stereocenters. The molecule has 0 N–H and O–H groups in total. The molecule has 3 aliphatic rings. The monoisotopic (exact) mass is 487 g/mol. The minimum atomic E-state index is -0.653. The molecule has 1 fully saturated rings. The van der Waals surface area contributed by atoms with E-state index in [4.69, 9.17) is 19.2 Å². The number of hydrogen-bond acceptors (Lipinski definition) is 6. The van der Waals surface area contributed by atoms with E-state index in [9.17, 15) is 9.59 Å². The number of ether oxygens (including phenoxy) is 3. The summed E-state index contributed by atoms with van der Waals surface area (Å²) in [5.41, 5.74) is 4.07. The van der Waals surface area contributed by atoms with E-state index in [0.29, 0.717) is 35.6 Å². The Kier molecular flexibility index (Phi) is 6.95. The molecule has 1 saturated carbocycles. The zero-order valence-corrected chi connectivity index (χ0v) is 21.2. The number of methoxy groups -OCH3 is 2. The van der Waals surface area contributed by atoms with Crippen molar-refractivity contribution in [1.82, 2.24) is 0 Å². The van der Waals surface area contributed by atoms with Crippen LogP contribution in [-0.4, -0.2) is 37.8 Å². The van der Waals surface area contributed by atoms with Gasteiger partial charge in [0.1, 0.15) is 12.0 Å². The highest BCUT2D eigenvalue weighted by Gasteiger charge is 2.45. The molecular formula is C30H33NO5. The number of nitrogens with zero attached hydrogens (tertiary/aromatic N) is 1. The van der Waals surface area contributed by atoms with Crippen molar-refractivity contribution in [3.8, 4) is 11.5 Å². The molecule has 0 saturated heterocycles. The Labute approximate surface area is 212 Å². The van der Waals surface area contributed by atoms with Crippen molar-refractivity contribution in [2.45, 2.75) is 63.4 Å². The lowest BCUT2D eigenvalue weighted by molar-refractivity contribution is -0.151. The molecule has 6 heteroatoms.